The molecule has 0 bridgehead atoms. The number of aromatic nitrogens is 1. The van der Waals surface area contributed by atoms with E-state index in [4.69, 9.17) is 11.8 Å². The monoisotopic (exact) mass is 246 g/mol. The van der Waals surface area contributed by atoms with Crippen LogP contribution in [0.1, 0.15) is 23.2 Å². The van der Waals surface area contributed by atoms with Gasteiger partial charge in [0.15, 0.2) is 0 Å². The van der Waals surface area contributed by atoms with E-state index < -0.39 is 0 Å². The van der Waals surface area contributed by atoms with Crippen molar-refractivity contribution in [1.29, 1.82) is 0 Å². The second-order valence-electron chi connectivity index (χ2n) is 5.09. The zero-order valence-corrected chi connectivity index (χ0v) is 10.5. The molecule has 0 saturated heterocycles. The summed E-state index contributed by atoms with van der Waals surface area (Å²) >= 11 is 6.18. The standard InChI is InChI=1S/C14H15ClN2/c15-16-8-6-13-12(9-16)11-5-1-3-10-4-2-7-17(13)14(10)11/h1,3,5H,2,4,6-9H2. The molecule has 88 valence electrons. The lowest BCUT2D eigenvalue weighted by Crippen LogP contribution is -2.23. The molecule has 3 heterocycles. The molecule has 0 fully saturated rings. The quantitative estimate of drug-likeness (QED) is 0.649. The molecule has 3 heteroatoms. The Bertz CT molecular complexity index is 600. The Balaban J connectivity index is 2.09. The van der Waals surface area contributed by atoms with Crippen molar-refractivity contribution in [1.82, 2.24) is 8.99 Å². The first-order valence-electron chi connectivity index (χ1n) is 6.37. The average molecular weight is 247 g/mol. The maximum atomic E-state index is 6.18. The van der Waals surface area contributed by atoms with Crippen molar-refractivity contribution in [3.8, 4) is 0 Å². The number of hydrogen-bond acceptors (Lipinski definition) is 1. The lowest BCUT2D eigenvalue weighted by Gasteiger charge is -2.23. The second kappa shape index (κ2) is 3.50. The minimum atomic E-state index is 0.893. The summed E-state index contributed by atoms with van der Waals surface area (Å²) in [6.45, 7) is 3.05. The summed E-state index contributed by atoms with van der Waals surface area (Å²) in [5.74, 6) is 0. The predicted molar refractivity (Wildman–Crippen MR) is 70.2 cm³/mol. The molecule has 0 unspecified atom stereocenters. The maximum Gasteiger partial charge on any atom is 0.0518 e. The van der Waals surface area contributed by atoms with E-state index in [1.54, 1.807) is 0 Å². The van der Waals surface area contributed by atoms with Crippen molar-refractivity contribution in [3.05, 3.63) is 35.0 Å². The van der Waals surface area contributed by atoms with Crippen LogP contribution >= 0.6 is 11.8 Å². The Morgan fingerprint density at radius 1 is 1.12 bits per heavy atom. The Morgan fingerprint density at radius 3 is 3.00 bits per heavy atom. The number of hydrogen-bond donors (Lipinski definition) is 0. The highest BCUT2D eigenvalue weighted by Gasteiger charge is 2.25. The van der Waals surface area contributed by atoms with Gasteiger partial charge in [0.25, 0.3) is 0 Å². The third kappa shape index (κ3) is 1.31. The third-order valence-corrected chi connectivity index (χ3v) is 4.43. The molecule has 17 heavy (non-hydrogen) atoms. The van der Waals surface area contributed by atoms with Gasteiger partial charge < -0.3 is 4.57 Å². The summed E-state index contributed by atoms with van der Waals surface area (Å²) in [6, 6.07) is 6.73. The smallest absolute Gasteiger partial charge is 0.0518 e. The molecule has 0 saturated carbocycles. The molecule has 2 aliphatic heterocycles. The molecular formula is C14H15ClN2. The zero-order chi connectivity index (χ0) is 11.4. The van der Waals surface area contributed by atoms with Gasteiger partial charge in [0.1, 0.15) is 0 Å². The number of rotatable bonds is 0. The first-order chi connectivity index (χ1) is 8.34. The highest BCUT2D eigenvalue weighted by Crippen LogP contribution is 2.35. The van der Waals surface area contributed by atoms with Gasteiger partial charge in [-0.1, -0.05) is 18.2 Å². The molecule has 2 aliphatic rings. The first kappa shape index (κ1) is 9.98. The summed E-state index contributed by atoms with van der Waals surface area (Å²) in [6.07, 6.45) is 3.59. The van der Waals surface area contributed by atoms with Crippen molar-refractivity contribution in [3.63, 3.8) is 0 Å². The lowest BCUT2D eigenvalue weighted by molar-refractivity contribution is 0.418. The van der Waals surface area contributed by atoms with Gasteiger partial charge in [-0.25, -0.2) is 4.42 Å². The van der Waals surface area contributed by atoms with E-state index in [0.717, 1.165) is 19.5 Å². The zero-order valence-electron chi connectivity index (χ0n) is 9.75. The number of para-hydroxylation sites is 1. The summed E-state index contributed by atoms with van der Waals surface area (Å²) in [4.78, 5) is 0. The third-order valence-electron chi connectivity index (χ3n) is 4.14. The van der Waals surface area contributed by atoms with Gasteiger partial charge in [0, 0.05) is 37.1 Å². The van der Waals surface area contributed by atoms with Crippen LogP contribution in [0.25, 0.3) is 10.9 Å². The van der Waals surface area contributed by atoms with E-state index in [1.807, 2.05) is 4.42 Å². The van der Waals surface area contributed by atoms with Gasteiger partial charge >= 0.3 is 0 Å². The van der Waals surface area contributed by atoms with Crippen LogP contribution in [-0.2, 0) is 25.9 Å². The van der Waals surface area contributed by atoms with Gasteiger partial charge in [0.2, 0.25) is 0 Å². The summed E-state index contributed by atoms with van der Waals surface area (Å²) in [5.41, 5.74) is 5.99. The van der Waals surface area contributed by atoms with E-state index in [1.165, 1.54) is 47.1 Å². The van der Waals surface area contributed by atoms with E-state index in [0.29, 0.717) is 0 Å². The minimum absolute atomic E-state index is 0.893. The van der Waals surface area contributed by atoms with Gasteiger partial charge in [-0.05, 0) is 35.7 Å². The normalized spacial score (nSPS) is 19.6. The van der Waals surface area contributed by atoms with Crippen molar-refractivity contribution >= 4 is 22.7 Å². The molecule has 0 N–H and O–H groups in total. The van der Waals surface area contributed by atoms with Gasteiger partial charge in [-0.15, -0.1) is 0 Å². The second-order valence-corrected chi connectivity index (χ2v) is 5.57. The maximum absolute atomic E-state index is 6.18. The number of halogens is 1. The van der Waals surface area contributed by atoms with Gasteiger partial charge in [-0.2, -0.15) is 0 Å². The fraction of sp³-hybridized carbons (Fsp3) is 0.429. The summed E-state index contributed by atoms with van der Waals surface area (Å²) in [5, 5.41) is 1.43. The molecule has 2 nitrogen and oxygen atoms in total. The van der Waals surface area contributed by atoms with E-state index in [-0.39, 0.29) is 0 Å². The number of aryl methyl sites for hydroxylation is 2. The Hall–Kier alpha value is -0.990. The number of fused-ring (bicyclic) bond motifs is 3. The van der Waals surface area contributed by atoms with Crippen LogP contribution in [0.15, 0.2) is 18.2 Å². The Morgan fingerprint density at radius 2 is 2.06 bits per heavy atom. The topological polar surface area (TPSA) is 8.17 Å². The van der Waals surface area contributed by atoms with Crippen molar-refractivity contribution < 1.29 is 0 Å². The molecular weight excluding hydrogens is 232 g/mol. The lowest BCUT2D eigenvalue weighted by atomic mass is 10.0. The van der Waals surface area contributed by atoms with Gasteiger partial charge in [0.05, 0.1) is 5.52 Å². The molecule has 1 aromatic carbocycles. The van der Waals surface area contributed by atoms with Crippen LogP contribution in [0.5, 0.6) is 0 Å². The van der Waals surface area contributed by atoms with Gasteiger partial charge in [-0.3, -0.25) is 0 Å². The predicted octanol–water partition coefficient (Wildman–Crippen LogP) is 3.10. The van der Waals surface area contributed by atoms with Crippen LogP contribution in [0.3, 0.4) is 0 Å². The summed E-state index contributed by atoms with van der Waals surface area (Å²) < 4.78 is 4.46. The molecule has 0 spiro atoms. The van der Waals surface area contributed by atoms with Crippen LogP contribution in [0, 0.1) is 0 Å². The van der Waals surface area contributed by atoms with Crippen molar-refractivity contribution in [2.75, 3.05) is 6.54 Å². The minimum Gasteiger partial charge on any atom is -0.344 e. The Labute approximate surface area is 106 Å². The van der Waals surface area contributed by atoms with Crippen LogP contribution in [0.4, 0.5) is 0 Å². The number of nitrogens with zero attached hydrogens (tertiary/aromatic N) is 2. The first-order valence-corrected chi connectivity index (χ1v) is 6.71. The molecule has 0 atom stereocenters. The van der Waals surface area contributed by atoms with Crippen LogP contribution in [-0.4, -0.2) is 15.5 Å². The molecule has 0 aliphatic carbocycles. The van der Waals surface area contributed by atoms with Crippen molar-refractivity contribution in [2.45, 2.75) is 32.4 Å². The highest BCUT2D eigenvalue weighted by atomic mass is 35.5. The highest BCUT2D eigenvalue weighted by molar-refractivity contribution is 6.13. The SMILES string of the molecule is ClN1CCc2c(c3cccc4c3n2CCC4)C1. The fourth-order valence-electron chi connectivity index (χ4n) is 3.42. The number of benzene rings is 1. The van der Waals surface area contributed by atoms with Crippen LogP contribution in [0.2, 0.25) is 0 Å². The largest absolute Gasteiger partial charge is 0.344 e. The van der Waals surface area contributed by atoms with Crippen LogP contribution < -0.4 is 0 Å². The van der Waals surface area contributed by atoms with E-state index in [2.05, 4.69) is 22.8 Å². The van der Waals surface area contributed by atoms with Crippen molar-refractivity contribution in [2.24, 2.45) is 0 Å². The molecule has 0 radical (unpaired) electrons. The Kier molecular flexibility index (Phi) is 2.06. The molecule has 0 amide bonds. The molecule has 2 aromatic rings. The molecule has 1 aromatic heterocycles. The van der Waals surface area contributed by atoms with E-state index >= 15 is 0 Å². The van der Waals surface area contributed by atoms with E-state index in [9.17, 15) is 0 Å². The fourth-order valence-corrected chi connectivity index (χ4v) is 3.63. The molecule has 4 rings (SSSR count). The summed E-state index contributed by atoms with van der Waals surface area (Å²) in [7, 11) is 0. The average Bonchev–Trinajstić information content (AvgIpc) is 2.67.